The van der Waals surface area contributed by atoms with Crippen molar-refractivity contribution in [1.29, 1.82) is 0 Å². The summed E-state index contributed by atoms with van der Waals surface area (Å²) in [6.07, 6.45) is -0.417. The zero-order valence-electron chi connectivity index (χ0n) is 37.7. The van der Waals surface area contributed by atoms with Gasteiger partial charge in [-0.3, -0.25) is 4.90 Å². The molecule has 0 heterocycles. The van der Waals surface area contributed by atoms with Crippen molar-refractivity contribution in [2.45, 2.75) is 197 Å². The molecule has 3 aromatic carbocycles. The molecule has 0 radical (unpaired) electrons. The third kappa shape index (κ3) is 13.5. The van der Waals surface area contributed by atoms with Crippen LogP contribution < -0.4 is 20.4 Å². The Morgan fingerprint density at radius 1 is 0.407 bits per heavy atom. The third-order valence-corrected chi connectivity index (χ3v) is 9.70. The van der Waals surface area contributed by atoms with Gasteiger partial charge < -0.3 is 20.4 Å². The predicted octanol–water partition coefficient (Wildman–Crippen LogP) is 9.65. The van der Waals surface area contributed by atoms with Crippen molar-refractivity contribution in [3.05, 3.63) is 86.5 Å². The first kappa shape index (κ1) is 49.9. The molecule has 6 heteroatoms. The monoisotopic (exact) mass is 908 g/mol. The Morgan fingerprint density at radius 3 is 0.741 bits per heavy atom. The molecule has 54 heavy (non-hydrogen) atoms. The molecule has 0 aliphatic carbocycles. The molecular weight excluding hydrogens is 833 g/mol. The van der Waals surface area contributed by atoms with Gasteiger partial charge in [0.1, 0.15) is 0 Å². The van der Waals surface area contributed by atoms with Crippen molar-refractivity contribution in [2.24, 2.45) is 0 Å². The normalized spacial score (nSPS) is 13.2. The summed E-state index contributed by atoms with van der Waals surface area (Å²) in [5.74, 6) is 0.105. The van der Waals surface area contributed by atoms with Crippen LogP contribution in [0.25, 0.3) is 0 Å². The van der Waals surface area contributed by atoms with Gasteiger partial charge in [0.2, 0.25) is 0 Å². The molecule has 3 aromatic rings. The molecule has 0 bridgehead atoms. The largest absolute Gasteiger partial charge is 4.00 e. The summed E-state index contributed by atoms with van der Waals surface area (Å²) in [7, 11) is 0. The summed E-state index contributed by atoms with van der Waals surface area (Å²) in [6.45, 7) is 42.5. The molecule has 0 fully saturated rings. The number of rotatable bonds is 6. The molecule has 298 valence electrons. The molecular formula is C48H73HfNO4. The Balaban J connectivity index is 0.00000277. The van der Waals surface area contributed by atoms with Crippen LogP contribution in [0.5, 0.6) is 17.2 Å². The van der Waals surface area contributed by atoms with E-state index in [0.717, 1.165) is 33.4 Å². The first-order chi connectivity index (χ1) is 23.5. The van der Waals surface area contributed by atoms with Gasteiger partial charge in [-0.15, -0.1) is 23.4 Å². The second-order valence-electron chi connectivity index (χ2n) is 21.7. The molecule has 0 aromatic heterocycles. The van der Waals surface area contributed by atoms with Crippen LogP contribution in [0.2, 0.25) is 0 Å². The van der Waals surface area contributed by atoms with Gasteiger partial charge in [0.15, 0.2) is 0 Å². The van der Waals surface area contributed by atoms with Crippen LogP contribution in [0.4, 0.5) is 0 Å². The second kappa shape index (κ2) is 17.6. The fourth-order valence-electron chi connectivity index (χ4n) is 6.28. The average molecular weight is 907 g/mol. The Kier molecular flexibility index (Phi) is 16.2. The van der Waals surface area contributed by atoms with Gasteiger partial charge in [-0.1, -0.05) is 175 Å². The molecule has 0 amide bonds. The molecule has 0 spiro atoms. The van der Waals surface area contributed by atoms with Crippen LogP contribution >= 0.6 is 0 Å². The molecule has 0 saturated carbocycles. The van der Waals surface area contributed by atoms with E-state index in [1.165, 1.54) is 0 Å². The van der Waals surface area contributed by atoms with E-state index < -0.39 is 6.10 Å². The molecule has 0 saturated heterocycles. The summed E-state index contributed by atoms with van der Waals surface area (Å²) >= 11 is 0. The summed E-state index contributed by atoms with van der Waals surface area (Å²) in [5, 5.41) is 52.3. The number of hydrogen-bond donors (Lipinski definition) is 0. The zero-order valence-corrected chi connectivity index (χ0v) is 41.3. The van der Waals surface area contributed by atoms with Gasteiger partial charge in [0.25, 0.3) is 0 Å². The summed E-state index contributed by atoms with van der Waals surface area (Å²) in [6, 6.07) is 12.4. The SMILES string of the molecule is CC(C)(C)c1cc(CN(Cc2cc(C(C)(C)C)cc(C(C)(C)C)c2[O-])Cc2cc(C(C)(C)C)cc(C(C)(C)C)c2[O-])c([O-])c(C(C)(C)C)c1.CC(C)[O-].[Hf+4]. The van der Waals surface area contributed by atoms with Crippen LogP contribution in [-0.2, 0) is 78.0 Å². The van der Waals surface area contributed by atoms with Crippen molar-refractivity contribution < 1.29 is 46.3 Å². The maximum atomic E-state index is 14.3. The van der Waals surface area contributed by atoms with E-state index in [-0.39, 0.29) is 75.6 Å². The van der Waals surface area contributed by atoms with Gasteiger partial charge in [-0.05, 0) is 82.6 Å². The molecule has 0 aliphatic rings. The topological polar surface area (TPSA) is 95.5 Å². The predicted molar refractivity (Wildman–Crippen MR) is 218 cm³/mol. The summed E-state index contributed by atoms with van der Waals surface area (Å²) in [4.78, 5) is 2.15. The zero-order chi connectivity index (χ0) is 41.4. The fourth-order valence-corrected chi connectivity index (χ4v) is 6.28. The van der Waals surface area contributed by atoms with Crippen LogP contribution in [-0.4, -0.2) is 11.0 Å². The van der Waals surface area contributed by atoms with E-state index in [0.29, 0.717) is 36.3 Å². The number of hydrogen-bond acceptors (Lipinski definition) is 5. The van der Waals surface area contributed by atoms with Crippen LogP contribution in [0, 0.1) is 0 Å². The van der Waals surface area contributed by atoms with Crippen LogP contribution in [0.15, 0.2) is 36.4 Å². The molecule has 0 N–H and O–H groups in total. The van der Waals surface area contributed by atoms with Gasteiger partial charge in [0, 0.05) is 19.6 Å². The van der Waals surface area contributed by atoms with Crippen molar-refractivity contribution in [1.82, 2.24) is 4.90 Å². The van der Waals surface area contributed by atoms with E-state index in [4.69, 9.17) is 0 Å². The molecule has 0 atom stereocenters. The number of benzene rings is 3. The number of nitrogens with zero attached hydrogens (tertiary/aromatic N) is 1. The van der Waals surface area contributed by atoms with E-state index in [9.17, 15) is 20.4 Å². The van der Waals surface area contributed by atoms with Gasteiger partial charge >= 0.3 is 25.8 Å². The third-order valence-electron chi connectivity index (χ3n) is 9.70. The standard InChI is InChI=1S/C45H69NO3.C3H7O.Hf/c1-40(2,3)31-19-28(37(47)34(22-31)43(10,11)12)25-46(26-29-20-32(41(4,5)6)23-35(38(29)48)44(13,14)15)27-30-21-33(42(7,8)9)24-36(39(30)49)45(16,17)18;1-3(2)4;/h19-24,47-49H,25-27H2,1-18H3;3H,1-2H3;/q;-1;+4/p-3. The average Bonchev–Trinajstić information content (AvgIpc) is 2.92. The van der Waals surface area contributed by atoms with Gasteiger partial charge in [0.05, 0.1) is 0 Å². The van der Waals surface area contributed by atoms with Crippen LogP contribution in [0.1, 0.15) is 189 Å². The minimum absolute atomic E-state index is 0. The molecule has 5 nitrogen and oxygen atoms in total. The molecule has 3 rings (SSSR count). The van der Waals surface area contributed by atoms with Gasteiger partial charge in [-0.25, -0.2) is 0 Å². The summed E-state index contributed by atoms with van der Waals surface area (Å²) in [5.41, 5.74) is 6.27. The first-order valence-corrected chi connectivity index (χ1v) is 19.5. The minimum Gasteiger partial charge on any atom is -0.872 e. The Hall–Kier alpha value is -2.15. The smallest absolute Gasteiger partial charge is 0.872 e. The van der Waals surface area contributed by atoms with Crippen molar-refractivity contribution in [3.8, 4) is 17.2 Å². The molecule has 0 unspecified atom stereocenters. The maximum absolute atomic E-state index is 14.3. The Bertz CT molecular complexity index is 1510. The minimum atomic E-state index is -0.417. The van der Waals surface area contributed by atoms with E-state index in [1.54, 1.807) is 13.8 Å². The maximum Gasteiger partial charge on any atom is 4.00 e. The van der Waals surface area contributed by atoms with Crippen LogP contribution in [0.3, 0.4) is 0 Å². The Morgan fingerprint density at radius 2 is 0.593 bits per heavy atom. The van der Waals surface area contributed by atoms with E-state index in [2.05, 4.69) is 166 Å². The second-order valence-corrected chi connectivity index (χ2v) is 21.7. The molecule has 0 aliphatic heterocycles. The van der Waals surface area contributed by atoms with Gasteiger partial charge in [-0.2, -0.15) is 0 Å². The summed E-state index contributed by atoms with van der Waals surface area (Å²) < 4.78 is 0. The fraction of sp³-hybridized carbons (Fsp3) is 0.625. The van der Waals surface area contributed by atoms with Crippen molar-refractivity contribution in [2.75, 3.05) is 0 Å². The van der Waals surface area contributed by atoms with Crippen molar-refractivity contribution >= 4 is 0 Å². The van der Waals surface area contributed by atoms with E-state index >= 15 is 0 Å². The van der Waals surface area contributed by atoms with E-state index in [1.807, 2.05) is 0 Å². The first-order valence-electron chi connectivity index (χ1n) is 19.5. The van der Waals surface area contributed by atoms with Crippen molar-refractivity contribution in [3.63, 3.8) is 0 Å². The quantitative estimate of drug-likeness (QED) is 0.230. The Labute approximate surface area is 349 Å².